The number of ether oxygens (including phenoxy) is 2. The van der Waals surface area contributed by atoms with Gasteiger partial charge in [-0.05, 0) is 20.8 Å². The first-order chi connectivity index (χ1) is 9.73. The minimum atomic E-state index is -0.965. The molecule has 0 aliphatic rings. The highest BCUT2D eigenvalue weighted by molar-refractivity contribution is 7.14. The first-order valence-corrected chi connectivity index (χ1v) is 7.26. The van der Waals surface area contributed by atoms with Crippen LogP contribution in [0.3, 0.4) is 0 Å². The van der Waals surface area contributed by atoms with Crippen LogP contribution in [0.5, 0.6) is 0 Å². The third-order valence-corrected chi connectivity index (χ3v) is 3.15. The van der Waals surface area contributed by atoms with Gasteiger partial charge in [-0.25, -0.2) is 9.78 Å². The summed E-state index contributed by atoms with van der Waals surface area (Å²) in [6, 6.07) is 0. The second-order valence-corrected chi connectivity index (χ2v) is 6.15. The molecule has 0 saturated carbocycles. The average Bonchev–Trinajstić information content (AvgIpc) is 2.74. The van der Waals surface area contributed by atoms with Gasteiger partial charge in [0.1, 0.15) is 5.60 Å². The molecule has 0 bridgehead atoms. The fourth-order valence-electron chi connectivity index (χ4n) is 1.42. The van der Waals surface area contributed by atoms with Crippen LogP contribution < -0.4 is 4.90 Å². The van der Waals surface area contributed by atoms with Crippen molar-refractivity contribution in [1.29, 1.82) is 0 Å². The third-order valence-electron chi connectivity index (χ3n) is 2.24. The quantitative estimate of drug-likeness (QED) is 0.865. The van der Waals surface area contributed by atoms with E-state index in [1.165, 1.54) is 23.3 Å². The molecule has 0 aromatic carbocycles. The molecule has 1 aromatic rings. The van der Waals surface area contributed by atoms with Gasteiger partial charge in [0.15, 0.2) is 5.13 Å². The zero-order valence-electron chi connectivity index (χ0n) is 12.6. The number of amides is 1. The van der Waals surface area contributed by atoms with Crippen LogP contribution in [0.25, 0.3) is 0 Å². The second kappa shape index (κ2) is 7.37. The number of aromatic nitrogens is 1. The number of nitrogens with zero attached hydrogens (tertiary/aromatic N) is 2. The van der Waals surface area contributed by atoms with Crippen LogP contribution in [-0.2, 0) is 20.7 Å². The number of carbonyl (C=O) groups excluding carboxylic acids is 1. The normalized spacial score (nSPS) is 11.2. The Morgan fingerprint density at radius 1 is 1.43 bits per heavy atom. The summed E-state index contributed by atoms with van der Waals surface area (Å²) in [5, 5.41) is 10.8. The van der Waals surface area contributed by atoms with Crippen molar-refractivity contribution in [2.75, 3.05) is 25.2 Å². The van der Waals surface area contributed by atoms with Crippen molar-refractivity contribution in [2.24, 2.45) is 0 Å². The number of methoxy groups -OCH3 is 1. The zero-order chi connectivity index (χ0) is 16.0. The number of hydrogen-bond acceptors (Lipinski definition) is 6. The van der Waals surface area contributed by atoms with Crippen LogP contribution in [0.15, 0.2) is 5.38 Å². The van der Waals surface area contributed by atoms with Gasteiger partial charge in [-0.1, -0.05) is 0 Å². The predicted molar refractivity (Wildman–Crippen MR) is 78.9 cm³/mol. The van der Waals surface area contributed by atoms with Gasteiger partial charge >= 0.3 is 12.1 Å². The van der Waals surface area contributed by atoms with E-state index >= 15 is 0 Å². The van der Waals surface area contributed by atoms with Crippen molar-refractivity contribution in [3.05, 3.63) is 11.1 Å². The molecule has 0 aliphatic heterocycles. The van der Waals surface area contributed by atoms with E-state index in [9.17, 15) is 9.59 Å². The maximum atomic E-state index is 12.2. The molecule has 7 nitrogen and oxygen atoms in total. The number of carbonyl (C=O) groups is 2. The van der Waals surface area contributed by atoms with E-state index in [4.69, 9.17) is 14.6 Å². The predicted octanol–water partition coefficient (Wildman–Crippen LogP) is 2.16. The SMILES string of the molecule is COCCN(C(=O)OC(C)(C)C)c1nc(CC(=O)O)cs1. The molecule has 118 valence electrons. The molecule has 0 unspecified atom stereocenters. The van der Waals surface area contributed by atoms with Crippen LogP contribution >= 0.6 is 11.3 Å². The summed E-state index contributed by atoms with van der Waals surface area (Å²) in [5.41, 5.74) is -0.211. The Kier molecular flexibility index (Phi) is 6.10. The monoisotopic (exact) mass is 316 g/mol. The van der Waals surface area contributed by atoms with Gasteiger partial charge < -0.3 is 14.6 Å². The summed E-state index contributed by atoms with van der Waals surface area (Å²) >= 11 is 1.20. The summed E-state index contributed by atoms with van der Waals surface area (Å²) < 4.78 is 10.3. The van der Waals surface area contributed by atoms with Crippen LogP contribution in [0.4, 0.5) is 9.93 Å². The molecular weight excluding hydrogens is 296 g/mol. The fraction of sp³-hybridized carbons (Fsp3) is 0.615. The first-order valence-electron chi connectivity index (χ1n) is 6.38. The fourth-order valence-corrected chi connectivity index (χ4v) is 2.26. The molecule has 0 spiro atoms. The summed E-state index contributed by atoms with van der Waals surface area (Å²) in [4.78, 5) is 28.4. The smallest absolute Gasteiger partial charge is 0.416 e. The lowest BCUT2D eigenvalue weighted by molar-refractivity contribution is -0.136. The third kappa shape index (κ3) is 6.09. The number of thiazole rings is 1. The minimum absolute atomic E-state index is 0.178. The lowest BCUT2D eigenvalue weighted by atomic mass is 10.2. The van der Waals surface area contributed by atoms with Gasteiger partial charge in [0.2, 0.25) is 0 Å². The lowest BCUT2D eigenvalue weighted by Crippen LogP contribution is -2.38. The molecule has 1 heterocycles. The molecule has 8 heteroatoms. The van der Waals surface area contributed by atoms with Crippen molar-refractivity contribution in [3.63, 3.8) is 0 Å². The van der Waals surface area contributed by atoms with Gasteiger partial charge in [0.25, 0.3) is 0 Å². The Balaban J connectivity index is 2.88. The highest BCUT2D eigenvalue weighted by Crippen LogP contribution is 2.23. The average molecular weight is 316 g/mol. The van der Waals surface area contributed by atoms with Crippen LogP contribution in [0.2, 0.25) is 0 Å². The number of aliphatic carboxylic acids is 1. The summed E-state index contributed by atoms with van der Waals surface area (Å²) in [6.45, 7) is 5.93. The molecule has 21 heavy (non-hydrogen) atoms. The highest BCUT2D eigenvalue weighted by Gasteiger charge is 2.25. The Morgan fingerprint density at radius 3 is 2.62 bits per heavy atom. The lowest BCUT2D eigenvalue weighted by Gasteiger charge is -2.25. The van der Waals surface area contributed by atoms with E-state index in [0.29, 0.717) is 17.4 Å². The summed E-state index contributed by atoms with van der Waals surface area (Å²) in [7, 11) is 1.53. The van der Waals surface area contributed by atoms with Gasteiger partial charge in [0.05, 0.1) is 25.3 Å². The van der Waals surface area contributed by atoms with Crippen LogP contribution in [0.1, 0.15) is 26.5 Å². The zero-order valence-corrected chi connectivity index (χ0v) is 13.4. The van der Waals surface area contributed by atoms with E-state index in [-0.39, 0.29) is 13.0 Å². The number of rotatable bonds is 6. The van der Waals surface area contributed by atoms with E-state index < -0.39 is 17.7 Å². The largest absolute Gasteiger partial charge is 0.481 e. The maximum Gasteiger partial charge on any atom is 0.416 e. The van der Waals surface area contributed by atoms with E-state index in [1.54, 1.807) is 26.2 Å². The molecular formula is C13H20N2O5S. The molecule has 0 atom stereocenters. The molecule has 0 radical (unpaired) electrons. The van der Waals surface area contributed by atoms with Gasteiger partial charge in [0, 0.05) is 12.5 Å². The Labute approximate surface area is 127 Å². The molecule has 1 amide bonds. The van der Waals surface area contributed by atoms with E-state index in [1.807, 2.05) is 0 Å². The number of hydrogen-bond donors (Lipinski definition) is 1. The second-order valence-electron chi connectivity index (χ2n) is 5.32. The Bertz CT molecular complexity index is 495. The van der Waals surface area contributed by atoms with Gasteiger partial charge in [-0.2, -0.15) is 0 Å². The molecule has 1 rings (SSSR count). The molecule has 0 saturated heterocycles. The molecule has 1 aromatic heterocycles. The molecule has 0 aliphatic carbocycles. The number of anilines is 1. The van der Waals surface area contributed by atoms with Crippen molar-refractivity contribution < 1.29 is 24.2 Å². The van der Waals surface area contributed by atoms with Crippen LogP contribution in [0, 0.1) is 0 Å². The van der Waals surface area contributed by atoms with Crippen molar-refractivity contribution in [1.82, 2.24) is 4.98 Å². The Hall–Kier alpha value is -1.67. The summed E-state index contributed by atoms with van der Waals surface area (Å²) in [5.74, 6) is -0.965. The number of carboxylic acid groups (broad SMARTS) is 1. The van der Waals surface area contributed by atoms with E-state index in [0.717, 1.165) is 0 Å². The van der Waals surface area contributed by atoms with Gasteiger partial charge in [-0.15, -0.1) is 11.3 Å². The van der Waals surface area contributed by atoms with Crippen molar-refractivity contribution in [2.45, 2.75) is 32.8 Å². The Morgan fingerprint density at radius 2 is 2.10 bits per heavy atom. The van der Waals surface area contributed by atoms with Gasteiger partial charge in [-0.3, -0.25) is 9.69 Å². The topological polar surface area (TPSA) is 89.0 Å². The van der Waals surface area contributed by atoms with Crippen molar-refractivity contribution >= 4 is 28.5 Å². The molecule has 0 fully saturated rings. The minimum Gasteiger partial charge on any atom is -0.481 e. The highest BCUT2D eigenvalue weighted by atomic mass is 32.1. The standard InChI is InChI=1S/C13H20N2O5S/c1-13(2,3)20-12(18)15(5-6-19-4)11-14-9(8-21-11)7-10(16)17/h8H,5-7H2,1-4H3,(H,16,17). The number of carboxylic acids is 1. The first kappa shape index (κ1) is 17.4. The maximum absolute atomic E-state index is 12.2. The molecule has 1 N–H and O–H groups in total. The van der Waals surface area contributed by atoms with Crippen molar-refractivity contribution in [3.8, 4) is 0 Å². The van der Waals surface area contributed by atoms with Crippen LogP contribution in [-0.4, -0.2) is 48.0 Å². The van der Waals surface area contributed by atoms with E-state index in [2.05, 4.69) is 4.98 Å². The summed E-state index contributed by atoms with van der Waals surface area (Å²) in [6.07, 6.45) is -0.709.